The summed E-state index contributed by atoms with van der Waals surface area (Å²) < 4.78 is 0. The number of phenolic OH excluding ortho intramolecular Hbond substituents is 1. The molecule has 218 valence electrons. The number of nitro benzene ring substituents is 1. The summed E-state index contributed by atoms with van der Waals surface area (Å²) in [5, 5.41) is 21.9. The second kappa shape index (κ2) is 9.62. The van der Waals surface area contributed by atoms with Crippen LogP contribution in [0.4, 0.5) is 11.4 Å². The third-order valence-corrected chi connectivity index (χ3v) is 11.1. The summed E-state index contributed by atoms with van der Waals surface area (Å²) in [7, 11) is 0. The van der Waals surface area contributed by atoms with Crippen molar-refractivity contribution in [2.45, 2.75) is 42.4 Å². The molecule has 4 amide bonds. The summed E-state index contributed by atoms with van der Waals surface area (Å²) in [6.07, 6.45) is 1.80. The highest BCUT2D eigenvalue weighted by molar-refractivity contribution is 9.09. The third-order valence-electron chi connectivity index (χ3n) is 9.16. The van der Waals surface area contributed by atoms with Gasteiger partial charge in [0.05, 0.1) is 27.9 Å². The van der Waals surface area contributed by atoms with Gasteiger partial charge < -0.3 is 5.11 Å². The summed E-state index contributed by atoms with van der Waals surface area (Å²) in [6, 6.07) is 8.68. The number of phenols is 1. The Bertz CT molecular complexity index is 1640. The van der Waals surface area contributed by atoms with Crippen molar-refractivity contribution in [2.24, 2.45) is 17.8 Å². The van der Waals surface area contributed by atoms with Crippen molar-refractivity contribution in [3.05, 3.63) is 74.9 Å². The molecule has 0 spiro atoms. The van der Waals surface area contributed by atoms with Crippen LogP contribution in [0.15, 0.2) is 48.0 Å². The number of nitrogens with zero attached hydrogens (tertiary/aromatic N) is 3. The largest absolute Gasteiger partial charge is 0.507 e. The first-order chi connectivity index (χ1) is 19.8. The zero-order valence-electron chi connectivity index (χ0n) is 22.3. The Morgan fingerprint density at radius 3 is 2.33 bits per heavy atom. The molecular weight excluding hydrogens is 653 g/mol. The van der Waals surface area contributed by atoms with E-state index in [1.54, 1.807) is 26.0 Å². The van der Waals surface area contributed by atoms with Gasteiger partial charge in [-0.1, -0.05) is 45.8 Å². The number of hydrogen-bond donors (Lipinski definition) is 1. The van der Waals surface area contributed by atoms with Crippen molar-refractivity contribution < 1.29 is 29.2 Å². The van der Waals surface area contributed by atoms with Gasteiger partial charge in [0, 0.05) is 18.1 Å². The van der Waals surface area contributed by atoms with Crippen LogP contribution in [0, 0.1) is 41.7 Å². The predicted molar refractivity (Wildman–Crippen MR) is 157 cm³/mol. The maximum atomic E-state index is 14.1. The van der Waals surface area contributed by atoms with Gasteiger partial charge in [-0.05, 0) is 55.4 Å². The number of rotatable bonds is 4. The average Bonchev–Trinajstić information content (AvgIpc) is 3.29. The van der Waals surface area contributed by atoms with Gasteiger partial charge in [-0.25, -0.2) is 4.90 Å². The third kappa shape index (κ3) is 3.62. The number of aryl methyl sites for hydroxylation is 2. The number of likely N-dealkylation sites (tertiary alicyclic amines) is 1. The number of hydrogen-bond acceptors (Lipinski definition) is 7. The first kappa shape index (κ1) is 28.8. The first-order valence-electron chi connectivity index (χ1n) is 13.2. The maximum absolute atomic E-state index is 14.1. The molecule has 13 heteroatoms. The Kier molecular flexibility index (Phi) is 6.60. The molecule has 0 aromatic heterocycles. The molecule has 4 aliphatic rings. The van der Waals surface area contributed by atoms with Crippen molar-refractivity contribution in [2.75, 3.05) is 10.4 Å². The highest BCUT2D eigenvalue weighted by Crippen LogP contribution is 2.65. The minimum atomic E-state index is -1.95. The second-order valence-electron chi connectivity index (χ2n) is 11.3. The maximum Gasteiger partial charge on any atom is 0.271 e. The quantitative estimate of drug-likeness (QED) is 0.122. The van der Waals surface area contributed by atoms with Gasteiger partial charge in [0.2, 0.25) is 11.8 Å². The van der Waals surface area contributed by atoms with Crippen molar-refractivity contribution in [3.63, 3.8) is 0 Å². The van der Waals surface area contributed by atoms with Crippen molar-refractivity contribution in [3.8, 4) is 5.75 Å². The molecule has 2 aliphatic carbocycles. The highest BCUT2D eigenvalue weighted by atomic mass is 79.9. The Hall–Kier alpha value is -3.28. The fourth-order valence-corrected chi connectivity index (χ4v) is 8.71. The normalized spacial score (nSPS) is 32.1. The fourth-order valence-electron chi connectivity index (χ4n) is 7.28. The molecule has 3 fully saturated rings. The van der Waals surface area contributed by atoms with Crippen LogP contribution < -0.4 is 4.90 Å². The molecule has 0 bridgehead atoms. The number of anilines is 1. The standard InChI is InChI=1S/C29H24BrCl2N3O7/c1-13-8-15(9-14(2)23(13)36)22-18-6-7-19-21(20(18)11-28(31)26(39)33(12-30)27(40)29(22,28)32)25(38)34(24(19)37)16-4-3-5-17(10-16)35(41)42/h3-6,8-10,19-22,36H,7,11-12H2,1-2H3/t19-,20+,21-,22-,28+,29-/m0/s1. The van der Waals surface area contributed by atoms with E-state index in [0.717, 1.165) is 9.80 Å². The Labute approximate surface area is 258 Å². The van der Waals surface area contributed by atoms with Gasteiger partial charge in [0.25, 0.3) is 17.5 Å². The van der Waals surface area contributed by atoms with E-state index >= 15 is 0 Å². The summed E-state index contributed by atoms with van der Waals surface area (Å²) >= 11 is 17.7. The Morgan fingerprint density at radius 1 is 1.05 bits per heavy atom. The van der Waals surface area contributed by atoms with E-state index in [1.165, 1.54) is 24.3 Å². The lowest BCUT2D eigenvalue weighted by Gasteiger charge is -2.51. The van der Waals surface area contributed by atoms with Crippen LogP contribution in [-0.4, -0.2) is 53.8 Å². The van der Waals surface area contributed by atoms with Gasteiger partial charge in [0.1, 0.15) is 5.75 Å². The Morgan fingerprint density at radius 2 is 1.71 bits per heavy atom. The molecule has 0 radical (unpaired) electrons. The molecule has 6 atom stereocenters. The number of imide groups is 2. The lowest BCUT2D eigenvalue weighted by Crippen LogP contribution is -2.60. The summed E-state index contributed by atoms with van der Waals surface area (Å²) in [5.41, 5.74) is 1.89. The summed E-state index contributed by atoms with van der Waals surface area (Å²) in [4.78, 5) is 64.1. The number of carbonyl (C=O) groups is 4. The number of fused-ring (bicyclic) bond motifs is 4. The van der Waals surface area contributed by atoms with Crippen molar-refractivity contribution in [1.82, 2.24) is 4.90 Å². The zero-order valence-corrected chi connectivity index (χ0v) is 25.4. The van der Waals surface area contributed by atoms with Gasteiger partial charge in [-0.15, -0.1) is 23.2 Å². The van der Waals surface area contributed by atoms with Crippen LogP contribution in [-0.2, 0) is 19.2 Å². The molecule has 2 aromatic rings. The van der Waals surface area contributed by atoms with Crippen LogP contribution >= 0.6 is 39.1 Å². The number of non-ortho nitro benzene ring substituents is 1. The van der Waals surface area contributed by atoms with E-state index in [9.17, 15) is 34.4 Å². The van der Waals surface area contributed by atoms with Crippen molar-refractivity contribution in [1.29, 1.82) is 0 Å². The van der Waals surface area contributed by atoms with Crippen LogP contribution in [0.5, 0.6) is 5.75 Å². The lowest BCUT2D eigenvalue weighted by molar-refractivity contribution is -0.384. The smallest absolute Gasteiger partial charge is 0.271 e. The van der Waals surface area contributed by atoms with E-state index < -0.39 is 62.0 Å². The number of halogens is 3. The lowest BCUT2D eigenvalue weighted by atomic mass is 9.56. The molecule has 10 nitrogen and oxygen atoms in total. The second-order valence-corrected chi connectivity index (χ2v) is 13.0. The van der Waals surface area contributed by atoms with E-state index in [-0.39, 0.29) is 35.4 Å². The van der Waals surface area contributed by atoms with Gasteiger partial charge >= 0.3 is 0 Å². The van der Waals surface area contributed by atoms with Crippen LogP contribution in [0.3, 0.4) is 0 Å². The van der Waals surface area contributed by atoms with Gasteiger partial charge in [-0.2, -0.15) is 0 Å². The summed E-state index contributed by atoms with van der Waals surface area (Å²) in [5.74, 6) is -5.79. The highest BCUT2D eigenvalue weighted by Gasteiger charge is 2.76. The van der Waals surface area contributed by atoms with E-state index in [2.05, 4.69) is 15.9 Å². The number of allylic oxidation sites excluding steroid dienone is 2. The van der Waals surface area contributed by atoms with Crippen LogP contribution in [0.25, 0.3) is 0 Å². The topological polar surface area (TPSA) is 138 Å². The number of alkyl halides is 3. The number of amides is 4. The molecule has 1 saturated carbocycles. The SMILES string of the molecule is Cc1cc([C@H]2C3=CC[C@@H]4C(=O)N(c5cccc([N+](=O)[O-])c5)C(=O)[C@@H]4[C@@H]3C[C@@]3(Cl)C(=O)N(CBr)C(=O)[C@@]23Cl)cc(C)c1O. The fraction of sp³-hybridized carbons (Fsp3) is 0.379. The predicted octanol–water partition coefficient (Wildman–Crippen LogP) is 4.83. The van der Waals surface area contributed by atoms with Crippen molar-refractivity contribution >= 4 is 74.1 Å². The molecule has 2 saturated heterocycles. The van der Waals surface area contributed by atoms with E-state index in [4.69, 9.17) is 23.2 Å². The number of aromatic hydroxyl groups is 1. The monoisotopic (exact) mass is 675 g/mol. The summed E-state index contributed by atoms with van der Waals surface area (Å²) in [6.45, 7) is 3.41. The van der Waals surface area contributed by atoms with Gasteiger partial charge in [-0.3, -0.25) is 34.2 Å². The molecule has 2 heterocycles. The zero-order chi connectivity index (χ0) is 30.5. The minimum Gasteiger partial charge on any atom is -0.507 e. The minimum absolute atomic E-state index is 0.0737. The van der Waals surface area contributed by atoms with Crippen LogP contribution in [0.2, 0.25) is 0 Å². The number of benzene rings is 2. The van der Waals surface area contributed by atoms with Crippen LogP contribution in [0.1, 0.15) is 35.4 Å². The van der Waals surface area contributed by atoms with E-state index in [0.29, 0.717) is 22.3 Å². The number of nitro groups is 1. The Balaban J connectivity index is 1.52. The first-order valence-corrected chi connectivity index (χ1v) is 15.1. The molecular formula is C29H24BrCl2N3O7. The van der Waals surface area contributed by atoms with Gasteiger partial charge in [0.15, 0.2) is 9.75 Å². The molecule has 42 heavy (non-hydrogen) atoms. The molecule has 2 aliphatic heterocycles. The molecule has 6 rings (SSSR count). The number of carbonyl (C=O) groups excluding carboxylic acids is 4. The average molecular weight is 677 g/mol. The molecule has 2 aromatic carbocycles. The molecule has 0 unspecified atom stereocenters. The molecule has 1 N–H and O–H groups in total. The van der Waals surface area contributed by atoms with E-state index in [1.807, 2.05) is 6.08 Å².